The molecule has 1 N–H and O–H groups in total. The number of pyridine rings is 2. The van der Waals surface area contributed by atoms with E-state index in [1.54, 1.807) is 12.4 Å². The van der Waals surface area contributed by atoms with E-state index in [9.17, 15) is 0 Å². The Morgan fingerprint density at radius 2 is 1.73 bits per heavy atom. The lowest BCUT2D eigenvalue weighted by atomic mass is 10.00. The molecule has 0 unspecified atom stereocenters. The molecule has 0 aliphatic carbocycles. The van der Waals surface area contributed by atoms with E-state index in [1.807, 2.05) is 61.7 Å². The number of benzene rings is 1. The fraction of sp³-hybridized carbons (Fsp3) is 0.100. The van der Waals surface area contributed by atoms with E-state index in [-0.39, 0.29) is 6.04 Å². The third-order valence-electron chi connectivity index (χ3n) is 4.09. The Morgan fingerprint density at radius 1 is 0.923 bits per heavy atom. The van der Waals surface area contributed by atoms with Gasteiger partial charge in [-0.25, -0.2) is 15.0 Å². The van der Waals surface area contributed by atoms with Crippen molar-refractivity contribution < 1.29 is 0 Å². The highest BCUT2D eigenvalue weighted by molar-refractivity contribution is 6.30. The molecule has 0 amide bonds. The van der Waals surface area contributed by atoms with E-state index in [4.69, 9.17) is 11.6 Å². The van der Waals surface area contributed by atoms with Crippen LogP contribution in [0.3, 0.4) is 0 Å². The van der Waals surface area contributed by atoms with Gasteiger partial charge in [-0.3, -0.25) is 4.98 Å². The van der Waals surface area contributed by atoms with E-state index >= 15 is 0 Å². The minimum absolute atomic E-state index is 0.126. The Morgan fingerprint density at radius 3 is 2.50 bits per heavy atom. The van der Waals surface area contributed by atoms with Crippen LogP contribution in [0.15, 0.2) is 67.1 Å². The highest BCUT2D eigenvalue weighted by Gasteiger charge is 2.17. The summed E-state index contributed by atoms with van der Waals surface area (Å²) in [7, 11) is 0. The molecule has 26 heavy (non-hydrogen) atoms. The van der Waals surface area contributed by atoms with E-state index in [0.717, 1.165) is 22.3 Å². The van der Waals surface area contributed by atoms with Gasteiger partial charge in [0.25, 0.3) is 0 Å². The molecule has 128 valence electrons. The maximum Gasteiger partial charge on any atom is 0.164 e. The molecular weight excluding hydrogens is 346 g/mol. The molecule has 1 aromatic carbocycles. The van der Waals surface area contributed by atoms with Crippen LogP contribution in [0.1, 0.15) is 23.0 Å². The molecule has 0 radical (unpaired) electrons. The van der Waals surface area contributed by atoms with Gasteiger partial charge in [0, 0.05) is 23.6 Å². The van der Waals surface area contributed by atoms with Gasteiger partial charge in [0.05, 0.1) is 11.4 Å². The summed E-state index contributed by atoms with van der Waals surface area (Å²) in [5.41, 5.74) is 2.77. The minimum Gasteiger partial charge on any atom is -0.358 e. The zero-order valence-electron chi connectivity index (χ0n) is 14.1. The number of rotatable bonds is 4. The number of fused-ring (bicyclic) bond motifs is 1. The van der Waals surface area contributed by atoms with E-state index < -0.39 is 0 Å². The molecule has 1 atom stereocenters. The number of halogens is 1. The summed E-state index contributed by atoms with van der Waals surface area (Å²) in [6.45, 7) is 1.86. The first-order valence-electron chi connectivity index (χ1n) is 8.22. The van der Waals surface area contributed by atoms with E-state index in [2.05, 4.69) is 25.3 Å². The van der Waals surface area contributed by atoms with Crippen LogP contribution in [0.25, 0.3) is 11.0 Å². The van der Waals surface area contributed by atoms with Gasteiger partial charge in [-0.1, -0.05) is 29.8 Å². The number of aryl methyl sites for hydroxylation is 1. The topological polar surface area (TPSA) is 63.6 Å². The zero-order chi connectivity index (χ0) is 17.9. The van der Waals surface area contributed by atoms with E-state index in [1.165, 1.54) is 0 Å². The third kappa shape index (κ3) is 3.34. The molecule has 3 heterocycles. The van der Waals surface area contributed by atoms with Crippen molar-refractivity contribution >= 4 is 28.5 Å². The van der Waals surface area contributed by atoms with Crippen LogP contribution in [0.5, 0.6) is 0 Å². The van der Waals surface area contributed by atoms with Gasteiger partial charge in [-0.2, -0.15) is 0 Å². The van der Waals surface area contributed by atoms with Gasteiger partial charge in [-0.15, -0.1) is 0 Å². The van der Waals surface area contributed by atoms with Gasteiger partial charge in [0.1, 0.15) is 11.6 Å². The van der Waals surface area contributed by atoms with Crippen LogP contribution in [0.4, 0.5) is 5.82 Å². The number of hydrogen-bond acceptors (Lipinski definition) is 5. The molecule has 0 saturated carbocycles. The highest BCUT2D eigenvalue weighted by Crippen LogP contribution is 2.29. The molecular formula is C20H16ClN5. The van der Waals surface area contributed by atoms with Crippen molar-refractivity contribution in [3.05, 3.63) is 89.1 Å². The first kappa shape index (κ1) is 16.4. The molecule has 0 aliphatic rings. The van der Waals surface area contributed by atoms with Gasteiger partial charge in [0.15, 0.2) is 5.65 Å². The maximum absolute atomic E-state index is 6.06. The summed E-state index contributed by atoms with van der Waals surface area (Å²) in [4.78, 5) is 17.6. The molecule has 0 fully saturated rings. The lowest BCUT2D eigenvalue weighted by Gasteiger charge is -2.21. The van der Waals surface area contributed by atoms with Crippen LogP contribution in [0.2, 0.25) is 5.02 Å². The first-order chi connectivity index (χ1) is 12.7. The summed E-state index contributed by atoms with van der Waals surface area (Å²) in [5.74, 6) is 1.41. The Balaban J connectivity index is 1.82. The van der Waals surface area contributed by atoms with Crippen molar-refractivity contribution in [2.75, 3.05) is 5.32 Å². The second kappa shape index (κ2) is 7.06. The largest absolute Gasteiger partial charge is 0.358 e. The number of aromatic nitrogens is 4. The van der Waals surface area contributed by atoms with E-state index in [0.29, 0.717) is 16.5 Å². The summed E-state index contributed by atoms with van der Waals surface area (Å²) < 4.78 is 0. The molecule has 0 aliphatic heterocycles. The Bertz CT molecular complexity index is 1030. The molecule has 6 heteroatoms. The second-order valence-electron chi connectivity index (χ2n) is 5.91. The van der Waals surface area contributed by atoms with Crippen molar-refractivity contribution in [2.45, 2.75) is 13.0 Å². The summed E-state index contributed by atoms with van der Waals surface area (Å²) >= 11 is 6.06. The van der Waals surface area contributed by atoms with Gasteiger partial charge in [-0.05, 0) is 48.4 Å². The lowest BCUT2D eigenvalue weighted by molar-refractivity contribution is 0.911. The average Bonchev–Trinajstić information content (AvgIpc) is 2.67. The number of anilines is 1. The van der Waals surface area contributed by atoms with Crippen LogP contribution in [0, 0.1) is 6.92 Å². The summed E-state index contributed by atoms with van der Waals surface area (Å²) in [6, 6.07) is 15.4. The molecule has 0 spiro atoms. The fourth-order valence-electron chi connectivity index (χ4n) is 2.88. The van der Waals surface area contributed by atoms with Crippen LogP contribution in [-0.4, -0.2) is 19.9 Å². The molecule has 0 bridgehead atoms. The molecule has 0 saturated heterocycles. The van der Waals surface area contributed by atoms with Crippen molar-refractivity contribution in [1.82, 2.24) is 19.9 Å². The van der Waals surface area contributed by atoms with Gasteiger partial charge in [0.2, 0.25) is 0 Å². The molecule has 4 aromatic rings. The van der Waals surface area contributed by atoms with Crippen LogP contribution < -0.4 is 5.32 Å². The normalized spacial score (nSPS) is 12.1. The van der Waals surface area contributed by atoms with Gasteiger partial charge >= 0.3 is 0 Å². The summed E-state index contributed by atoms with van der Waals surface area (Å²) in [5, 5.41) is 5.12. The van der Waals surface area contributed by atoms with Gasteiger partial charge < -0.3 is 5.32 Å². The molecule has 3 aromatic heterocycles. The molecule has 5 nitrogen and oxygen atoms in total. The monoisotopic (exact) mass is 361 g/mol. The van der Waals surface area contributed by atoms with Crippen LogP contribution in [-0.2, 0) is 0 Å². The lowest BCUT2D eigenvalue weighted by Crippen LogP contribution is -2.14. The van der Waals surface area contributed by atoms with Crippen LogP contribution >= 0.6 is 11.6 Å². The zero-order valence-corrected chi connectivity index (χ0v) is 14.9. The quantitative estimate of drug-likeness (QED) is 0.576. The number of hydrogen-bond donors (Lipinski definition) is 1. The highest BCUT2D eigenvalue weighted by atomic mass is 35.5. The predicted octanol–water partition coefficient (Wildman–Crippen LogP) is 4.58. The Labute approximate surface area is 156 Å². The SMILES string of the molecule is Cc1nc(N[C@H](c2ccc(Cl)cc2)c2cccnc2)c2cccnc2n1. The average molecular weight is 362 g/mol. The van der Waals surface area contributed by atoms with Crippen molar-refractivity contribution in [3.8, 4) is 0 Å². The Kier molecular flexibility index (Phi) is 4.46. The third-order valence-corrected chi connectivity index (χ3v) is 4.34. The fourth-order valence-corrected chi connectivity index (χ4v) is 3.00. The van der Waals surface area contributed by atoms with Crippen molar-refractivity contribution in [2.24, 2.45) is 0 Å². The Hall–Kier alpha value is -3.05. The second-order valence-corrected chi connectivity index (χ2v) is 6.35. The first-order valence-corrected chi connectivity index (χ1v) is 8.60. The summed E-state index contributed by atoms with van der Waals surface area (Å²) in [6.07, 6.45) is 5.34. The molecule has 4 rings (SSSR count). The number of nitrogens with zero attached hydrogens (tertiary/aromatic N) is 4. The minimum atomic E-state index is -0.126. The van der Waals surface area contributed by atoms with Crippen molar-refractivity contribution in [3.63, 3.8) is 0 Å². The smallest absolute Gasteiger partial charge is 0.164 e. The standard InChI is InChI=1S/C20H16ClN5/c1-13-24-19-17(5-3-11-23-19)20(25-13)26-18(15-4-2-10-22-12-15)14-6-8-16(21)9-7-14/h2-12,18H,1H3,(H,23,24,25,26)/t18-/m1/s1. The predicted molar refractivity (Wildman–Crippen MR) is 103 cm³/mol. The van der Waals surface area contributed by atoms with Crippen molar-refractivity contribution in [1.29, 1.82) is 0 Å². The number of nitrogens with one attached hydrogen (secondary N) is 1. The maximum atomic E-state index is 6.06.